The molecule has 0 aliphatic heterocycles. The van der Waals surface area contributed by atoms with Crippen LogP contribution in [-0.2, 0) is 4.79 Å². The molecule has 0 aliphatic rings. The van der Waals surface area contributed by atoms with Gasteiger partial charge < -0.3 is 10.4 Å². The number of aryl methyl sites for hydroxylation is 1. The molecule has 0 saturated carbocycles. The predicted molar refractivity (Wildman–Crippen MR) is 86.3 cm³/mol. The SMILES string of the molecule is Cc1ccccc1SCC(=O)N[C@@H](CO)c1ccccc1. The zero-order valence-electron chi connectivity index (χ0n) is 12.0. The summed E-state index contributed by atoms with van der Waals surface area (Å²) in [6, 6.07) is 17.1. The van der Waals surface area contributed by atoms with Crippen molar-refractivity contribution in [1.82, 2.24) is 5.32 Å². The molecule has 2 aromatic rings. The molecule has 4 heteroatoms. The number of nitrogens with one attached hydrogen (secondary N) is 1. The van der Waals surface area contributed by atoms with Gasteiger partial charge in [0.15, 0.2) is 0 Å². The Bertz CT molecular complexity index is 586. The predicted octanol–water partition coefficient (Wildman–Crippen LogP) is 2.94. The third kappa shape index (κ3) is 4.62. The van der Waals surface area contributed by atoms with Crippen LogP contribution in [0.5, 0.6) is 0 Å². The smallest absolute Gasteiger partial charge is 0.230 e. The van der Waals surface area contributed by atoms with Crippen LogP contribution in [0.2, 0.25) is 0 Å². The molecule has 0 spiro atoms. The topological polar surface area (TPSA) is 49.3 Å². The van der Waals surface area contributed by atoms with Crippen molar-refractivity contribution in [3.05, 3.63) is 65.7 Å². The minimum absolute atomic E-state index is 0.0776. The van der Waals surface area contributed by atoms with E-state index in [1.54, 1.807) is 0 Å². The van der Waals surface area contributed by atoms with E-state index in [1.807, 2.05) is 61.5 Å². The summed E-state index contributed by atoms with van der Waals surface area (Å²) in [7, 11) is 0. The summed E-state index contributed by atoms with van der Waals surface area (Å²) in [5.74, 6) is 0.264. The van der Waals surface area contributed by atoms with Gasteiger partial charge in [-0.25, -0.2) is 0 Å². The van der Waals surface area contributed by atoms with Gasteiger partial charge in [0, 0.05) is 4.90 Å². The maximum absolute atomic E-state index is 12.0. The van der Waals surface area contributed by atoms with E-state index in [9.17, 15) is 9.90 Å². The Kier molecular flexibility index (Phi) is 5.84. The zero-order chi connectivity index (χ0) is 15.1. The fourth-order valence-corrected chi connectivity index (χ4v) is 2.86. The fourth-order valence-electron chi connectivity index (χ4n) is 2.02. The van der Waals surface area contributed by atoms with Gasteiger partial charge in [-0.15, -0.1) is 11.8 Å². The summed E-state index contributed by atoms with van der Waals surface area (Å²) in [5, 5.41) is 12.3. The largest absolute Gasteiger partial charge is 0.394 e. The molecule has 0 bridgehead atoms. The highest BCUT2D eigenvalue weighted by molar-refractivity contribution is 8.00. The molecular formula is C17H19NO2S. The number of carbonyl (C=O) groups excluding carboxylic acids is 1. The minimum Gasteiger partial charge on any atom is -0.394 e. The minimum atomic E-state index is -0.351. The number of thioether (sulfide) groups is 1. The molecule has 0 saturated heterocycles. The molecule has 2 aromatic carbocycles. The lowest BCUT2D eigenvalue weighted by Crippen LogP contribution is -2.32. The Morgan fingerprint density at radius 1 is 1.14 bits per heavy atom. The maximum atomic E-state index is 12.0. The van der Waals surface area contributed by atoms with Crippen molar-refractivity contribution in [1.29, 1.82) is 0 Å². The number of benzene rings is 2. The average molecular weight is 301 g/mol. The van der Waals surface area contributed by atoms with Gasteiger partial charge in [0.2, 0.25) is 5.91 Å². The van der Waals surface area contributed by atoms with Crippen LogP contribution in [0.4, 0.5) is 0 Å². The number of rotatable bonds is 6. The van der Waals surface area contributed by atoms with E-state index in [0.29, 0.717) is 5.75 Å². The second-order valence-electron chi connectivity index (χ2n) is 4.77. The summed E-state index contributed by atoms with van der Waals surface area (Å²) in [6.45, 7) is 1.92. The summed E-state index contributed by atoms with van der Waals surface area (Å²) in [4.78, 5) is 13.1. The zero-order valence-corrected chi connectivity index (χ0v) is 12.8. The Balaban J connectivity index is 1.90. The van der Waals surface area contributed by atoms with Crippen LogP contribution in [0.3, 0.4) is 0 Å². The van der Waals surface area contributed by atoms with E-state index in [1.165, 1.54) is 11.8 Å². The van der Waals surface area contributed by atoms with Gasteiger partial charge in [0.1, 0.15) is 0 Å². The Hall–Kier alpha value is -1.78. The number of amides is 1. The summed E-state index contributed by atoms with van der Waals surface area (Å²) in [5.41, 5.74) is 2.08. The van der Waals surface area contributed by atoms with Crippen LogP contribution >= 0.6 is 11.8 Å². The van der Waals surface area contributed by atoms with Crippen LogP contribution < -0.4 is 5.32 Å². The van der Waals surface area contributed by atoms with Crippen LogP contribution in [0.15, 0.2) is 59.5 Å². The Labute approximate surface area is 129 Å². The Morgan fingerprint density at radius 3 is 2.48 bits per heavy atom. The second kappa shape index (κ2) is 7.86. The van der Waals surface area contributed by atoms with Crippen molar-refractivity contribution in [2.75, 3.05) is 12.4 Å². The lowest BCUT2D eigenvalue weighted by molar-refractivity contribution is -0.119. The quantitative estimate of drug-likeness (QED) is 0.807. The van der Waals surface area contributed by atoms with Crippen molar-refractivity contribution in [2.24, 2.45) is 0 Å². The summed E-state index contributed by atoms with van der Waals surface area (Å²) in [6.07, 6.45) is 0. The van der Waals surface area contributed by atoms with Crippen molar-refractivity contribution in [3.63, 3.8) is 0 Å². The van der Waals surface area contributed by atoms with Crippen LogP contribution in [0.25, 0.3) is 0 Å². The normalized spacial score (nSPS) is 11.9. The average Bonchev–Trinajstić information content (AvgIpc) is 2.52. The maximum Gasteiger partial charge on any atom is 0.230 e. The highest BCUT2D eigenvalue weighted by Crippen LogP contribution is 2.21. The van der Waals surface area contributed by atoms with Gasteiger partial charge in [-0.1, -0.05) is 48.5 Å². The summed E-state index contributed by atoms with van der Waals surface area (Å²) < 4.78 is 0. The van der Waals surface area contributed by atoms with Gasteiger partial charge in [-0.05, 0) is 24.1 Å². The van der Waals surface area contributed by atoms with Crippen LogP contribution in [0, 0.1) is 6.92 Å². The molecule has 110 valence electrons. The Morgan fingerprint density at radius 2 is 1.81 bits per heavy atom. The molecule has 0 unspecified atom stereocenters. The van der Waals surface area contributed by atoms with E-state index in [0.717, 1.165) is 16.0 Å². The van der Waals surface area contributed by atoms with Crippen molar-refractivity contribution in [2.45, 2.75) is 17.9 Å². The third-order valence-corrected chi connectivity index (χ3v) is 4.35. The summed E-state index contributed by atoms with van der Waals surface area (Å²) >= 11 is 1.51. The molecule has 21 heavy (non-hydrogen) atoms. The van der Waals surface area contributed by atoms with E-state index in [2.05, 4.69) is 5.32 Å². The molecule has 0 radical (unpaired) electrons. The first-order valence-electron chi connectivity index (χ1n) is 6.84. The van der Waals surface area contributed by atoms with Gasteiger partial charge in [-0.2, -0.15) is 0 Å². The van der Waals surface area contributed by atoms with Crippen LogP contribution in [-0.4, -0.2) is 23.4 Å². The van der Waals surface area contributed by atoms with Gasteiger partial charge in [0.25, 0.3) is 0 Å². The van der Waals surface area contributed by atoms with Crippen molar-refractivity contribution < 1.29 is 9.90 Å². The van der Waals surface area contributed by atoms with Gasteiger partial charge in [0.05, 0.1) is 18.4 Å². The monoisotopic (exact) mass is 301 g/mol. The van der Waals surface area contributed by atoms with E-state index < -0.39 is 0 Å². The lowest BCUT2D eigenvalue weighted by Gasteiger charge is -2.16. The number of carbonyl (C=O) groups is 1. The van der Waals surface area contributed by atoms with Crippen LogP contribution in [0.1, 0.15) is 17.2 Å². The standard InChI is InChI=1S/C17H19NO2S/c1-13-7-5-6-10-16(13)21-12-17(20)18-15(11-19)14-8-3-2-4-9-14/h2-10,15,19H,11-12H2,1H3,(H,18,20)/t15-/m0/s1. The molecule has 2 rings (SSSR count). The lowest BCUT2D eigenvalue weighted by atomic mass is 10.1. The molecule has 0 heterocycles. The number of aliphatic hydroxyl groups excluding tert-OH is 1. The fraction of sp³-hybridized carbons (Fsp3) is 0.235. The molecule has 0 fully saturated rings. The molecule has 0 aromatic heterocycles. The molecular weight excluding hydrogens is 282 g/mol. The van der Waals surface area contributed by atoms with E-state index in [4.69, 9.17) is 0 Å². The van der Waals surface area contributed by atoms with Crippen molar-refractivity contribution in [3.8, 4) is 0 Å². The van der Waals surface area contributed by atoms with Gasteiger partial charge >= 0.3 is 0 Å². The molecule has 3 nitrogen and oxygen atoms in total. The van der Waals surface area contributed by atoms with E-state index >= 15 is 0 Å². The number of aliphatic hydroxyl groups is 1. The highest BCUT2D eigenvalue weighted by atomic mass is 32.2. The second-order valence-corrected chi connectivity index (χ2v) is 5.78. The highest BCUT2D eigenvalue weighted by Gasteiger charge is 2.13. The number of hydrogen-bond donors (Lipinski definition) is 2. The number of hydrogen-bond acceptors (Lipinski definition) is 3. The molecule has 0 aliphatic carbocycles. The first-order valence-corrected chi connectivity index (χ1v) is 7.83. The van der Waals surface area contributed by atoms with Crippen molar-refractivity contribution >= 4 is 17.7 Å². The van der Waals surface area contributed by atoms with E-state index in [-0.39, 0.29) is 18.6 Å². The molecule has 2 N–H and O–H groups in total. The third-order valence-electron chi connectivity index (χ3n) is 3.17. The molecule has 1 atom stereocenters. The first kappa shape index (κ1) is 15.6. The molecule has 1 amide bonds. The first-order chi connectivity index (χ1) is 10.2. The van der Waals surface area contributed by atoms with Gasteiger partial charge in [-0.3, -0.25) is 4.79 Å².